The van der Waals surface area contributed by atoms with Gasteiger partial charge in [-0.3, -0.25) is 0 Å². The minimum Gasteiger partial charge on any atom is -0.851 e. The van der Waals surface area contributed by atoms with Gasteiger partial charge in [0, 0.05) is 42.7 Å². The topological polar surface area (TPSA) is 229 Å². The summed E-state index contributed by atoms with van der Waals surface area (Å²) in [4.78, 5) is 3.87. The van der Waals surface area contributed by atoms with Gasteiger partial charge >= 0.3 is 0 Å². The van der Waals surface area contributed by atoms with E-state index in [1.165, 1.54) is 0 Å². The Morgan fingerprint density at radius 2 is 1.40 bits per heavy atom. The molecule has 0 spiro atoms. The van der Waals surface area contributed by atoms with Crippen LogP contribution in [0.2, 0.25) is 0 Å². The van der Waals surface area contributed by atoms with Crippen LogP contribution in [0.5, 0.6) is 34.5 Å². The SMILES string of the molecule is [O-]C1C(c2c(O)cc(O)c(N=COC3CCCO3)c2O)C([O-])C1c1c(O)cc(O)c(NCOC2CCCO2)c1O. The summed E-state index contributed by atoms with van der Waals surface area (Å²) in [6.45, 7) is 0.885. The van der Waals surface area contributed by atoms with Crippen LogP contribution in [0.15, 0.2) is 17.1 Å². The fourth-order valence-corrected chi connectivity index (χ4v) is 5.29. The number of hydrogen-bond donors (Lipinski definition) is 7. The molecule has 1 aliphatic carbocycles. The van der Waals surface area contributed by atoms with Crippen molar-refractivity contribution in [2.45, 2.75) is 62.3 Å². The Kier molecular flexibility index (Phi) is 7.96. The molecule has 0 amide bonds. The molecule has 2 aromatic rings. The number of benzene rings is 2. The monoisotopic (exact) mass is 562 g/mol. The number of aliphatic imine (C=N–C) groups is 1. The van der Waals surface area contributed by atoms with E-state index in [1.54, 1.807) is 0 Å². The van der Waals surface area contributed by atoms with Gasteiger partial charge < -0.3 is 65.1 Å². The first-order valence-electron chi connectivity index (χ1n) is 12.8. The quantitative estimate of drug-likeness (QED) is 0.0731. The van der Waals surface area contributed by atoms with Crippen LogP contribution in [-0.4, -0.2) is 81.8 Å². The lowest BCUT2D eigenvalue weighted by atomic mass is 9.62. The zero-order valence-corrected chi connectivity index (χ0v) is 21.2. The number of anilines is 1. The van der Waals surface area contributed by atoms with Crippen molar-refractivity contribution in [2.75, 3.05) is 25.3 Å². The molecule has 2 saturated heterocycles. The normalized spacial score (nSPS) is 28.1. The second-order valence-electron chi connectivity index (χ2n) is 9.80. The number of nitrogens with one attached hydrogen (secondary N) is 1. The zero-order chi connectivity index (χ0) is 28.6. The molecule has 0 radical (unpaired) electrons. The van der Waals surface area contributed by atoms with Crippen molar-refractivity contribution in [3.05, 3.63) is 23.3 Å². The summed E-state index contributed by atoms with van der Waals surface area (Å²) in [6.07, 6.45) is -0.825. The molecular formula is C26H30N2O12-2. The van der Waals surface area contributed by atoms with Gasteiger partial charge in [0.05, 0.1) is 6.61 Å². The van der Waals surface area contributed by atoms with Crippen LogP contribution in [0, 0.1) is 0 Å². The largest absolute Gasteiger partial charge is 0.851 e. The highest BCUT2D eigenvalue weighted by Crippen LogP contribution is 2.58. The second kappa shape index (κ2) is 11.4. The molecular weight excluding hydrogens is 532 g/mol. The maximum atomic E-state index is 13.3. The van der Waals surface area contributed by atoms with E-state index in [9.17, 15) is 40.9 Å². The van der Waals surface area contributed by atoms with E-state index in [1.807, 2.05) is 0 Å². The van der Waals surface area contributed by atoms with Crippen LogP contribution in [0.1, 0.15) is 48.6 Å². The van der Waals surface area contributed by atoms with Crippen LogP contribution < -0.4 is 15.5 Å². The summed E-state index contributed by atoms with van der Waals surface area (Å²) in [5, 5.41) is 92.2. The lowest BCUT2D eigenvalue weighted by Crippen LogP contribution is -2.63. The summed E-state index contributed by atoms with van der Waals surface area (Å²) < 4.78 is 21.4. The molecule has 14 nitrogen and oxygen atoms in total. The Bertz CT molecular complexity index is 1250. The van der Waals surface area contributed by atoms with Crippen molar-refractivity contribution in [1.82, 2.24) is 0 Å². The molecule has 14 heteroatoms. The van der Waals surface area contributed by atoms with Gasteiger partial charge in [-0.25, -0.2) is 4.99 Å². The smallest absolute Gasteiger partial charge is 0.201 e. The van der Waals surface area contributed by atoms with Gasteiger partial charge in [0.2, 0.25) is 6.29 Å². The van der Waals surface area contributed by atoms with Crippen LogP contribution in [0.4, 0.5) is 11.4 Å². The van der Waals surface area contributed by atoms with Crippen LogP contribution in [-0.2, 0) is 18.9 Å². The van der Waals surface area contributed by atoms with E-state index in [-0.39, 0.29) is 12.4 Å². The Morgan fingerprint density at radius 1 is 0.825 bits per heavy atom. The Balaban J connectivity index is 1.37. The summed E-state index contributed by atoms with van der Waals surface area (Å²) in [5.74, 6) is -7.08. The van der Waals surface area contributed by atoms with Gasteiger partial charge in [-0.1, -0.05) is 0 Å². The molecule has 7 N–H and O–H groups in total. The van der Waals surface area contributed by atoms with E-state index in [0.717, 1.165) is 31.4 Å². The maximum absolute atomic E-state index is 13.3. The molecule has 2 aromatic carbocycles. The molecule has 218 valence electrons. The van der Waals surface area contributed by atoms with Gasteiger partial charge in [-0.05, 0) is 24.7 Å². The van der Waals surface area contributed by atoms with E-state index in [0.29, 0.717) is 26.1 Å². The maximum Gasteiger partial charge on any atom is 0.201 e. The number of ether oxygens (including phenoxy) is 4. The molecule has 5 rings (SSSR count). The molecule has 3 fully saturated rings. The van der Waals surface area contributed by atoms with Gasteiger partial charge in [0.25, 0.3) is 0 Å². The van der Waals surface area contributed by atoms with E-state index >= 15 is 0 Å². The highest BCUT2D eigenvalue weighted by molar-refractivity contribution is 5.75. The van der Waals surface area contributed by atoms with Crippen molar-refractivity contribution < 1.29 is 59.8 Å². The number of phenols is 6. The molecule has 3 aliphatic rings. The Labute approximate surface area is 228 Å². The molecule has 4 atom stereocenters. The number of rotatable bonds is 9. The molecule has 40 heavy (non-hydrogen) atoms. The minimum absolute atomic E-state index is 0.181. The summed E-state index contributed by atoms with van der Waals surface area (Å²) in [5.41, 5.74) is -1.51. The predicted molar refractivity (Wildman–Crippen MR) is 133 cm³/mol. The Morgan fingerprint density at radius 3 is 2.00 bits per heavy atom. The molecule has 0 bridgehead atoms. The lowest BCUT2D eigenvalue weighted by Gasteiger charge is -2.61. The molecule has 2 heterocycles. The molecule has 0 aromatic heterocycles. The van der Waals surface area contributed by atoms with Gasteiger partial charge in [-0.15, -0.1) is 12.2 Å². The van der Waals surface area contributed by atoms with Crippen molar-refractivity contribution in [1.29, 1.82) is 0 Å². The van der Waals surface area contributed by atoms with Gasteiger partial charge in [0.15, 0.2) is 24.1 Å². The van der Waals surface area contributed by atoms with Crippen molar-refractivity contribution >= 4 is 17.8 Å². The first-order chi connectivity index (χ1) is 19.2. The highest BCUT2D eigenvalue weighted by atomic mass is 16.7. The highest BCUT2D eigenvalue weighted by Gasteiger charge is 2.44. The second-order valence-corrected chi connectivity index (χ2v) is 9.80. The molecule has 2 aliphatic heterocycles. The van der Waals surface area contributed by atoms with Crippen LogP contribution in [0.3, 0.4) is 0 Å². The van der Waals surface area contributed by atoms with Gasteiger partial charge in [0.1, 0.15) is 41.2 Å². The number of nitrogens with zero attached hydrogens (tertiary/aromatic N) is 1. The van der Waals surface area contributed by atoms with E-state index in [4.69, 9.17) is 18.9 Å². The third-order valence-corrected chi connectivity index (χ3v) is 7.34. The average molecular weight is 563 g/mol. The fourth-order valence-electron chi connectivity index (χ4n) is 5.29. The lowest BCUT2D eigenvalue weighted by molar-refractivity contribution is -0.536. The Hall–Kier alpha value is -3.69. The predicted octanol–water partition coefficient (Wildman–Crippen LogP) is 0.594. The number of phenolic OH excluding ortho intramolecular Hbond substituents is 6. The summed E-state index contributed by atoms with van der Waals surface area (Å²) in [6, 6.07) is 1.72. The van der Waals surface area contributed by atoms with E-state index in [2.05, 4.69) is 10.3 Å². The van der Waals surface area contributed by atoms with Crippen molar-refractivity contribution in [3.63, 3.8) is 0 Å². The van der Waals surface area contributed by atoms with Gasteiger partial charge in [-0.2, -0.15) is 0 Å². The first-order valence-corrected chi connectivity index (χ1v) is 12.8. The third kappa shape index (κ3) is 5.11. The minimum atomic E-state index is -1.85. The fraction of sp³-hybridized carbons (Fsp3) is 0.500. The number of aromatic hydroxyl groups is 6. The summed E-state index contributed by atoms with van der Waals surface area (Å²) >= 11 is 0. The number of hydrogen-bond acceptors (Lipinski definition) is 14. The molecule has 1 saturated carbocycles. The van der Waals surface area contributed by atoms with Crippen LogP contribution in [0.25, 0.3) is 0 Å². The summed E-state index contributed by atoms with van der Waals surface area (Å²) in [7, 11) is 0. The standard InChI is InChI=1S/C26H30N2O12/c29-11-7-13(31)21(27-9-39-15-3-1-5-37-15)25(35)17(11)19-23(33)20(24(19)34)18-12(30)8-14(32)22(26(18)36)28-10-40-16-4-2-6-38-16/h7-9,15-16,19-20,23-24,28-32,35-36H,1-6,10H2/q-2. The van der Waals surface area contributed by atoms with E-state index < -0.39 is 87.9 Å². The third-order valence-electron chi connectivity index (χ3n) is 7.34. The first kappa shape index (κ1) is 27.9. The van der Waals surface area contributed by atoms with Crippen LogP contribution >= 0.6 is 0 Å². The molecule has 4 unspecified atom stereocenters. The zero-order valence-electron chi connectivity index (χ0n) is 21.2. The van der Waals surface area contributed by atoms with Crippen molar-refractivity contribution in [2.24, 2.45) is 4.99 Å². The van der Waals surface area contributed by atoms with Crippen molar-refractivity contribution in [3.8, 4) is 34.5 Å². The average Bonchev–Trinajstić information content (AvgIpc) is 3.62.